The first kappa shape index (κ1) is 16.7. The maximum absolute atomic E-state index is 11.7. The summed E-state index contributed by atoms with van der Waals surface area (Å²) in [5.74, 6) is 1.04. The highest BCUT2D eigenvalue weighted by Crippen LogP contribution is 2.20. The van der Waals surface area contributed by atoms with Crippen LogP contribution in [0.4, 0.5) is 4.79 Å². The number of piperazine rings is 1. The van der Waals surface area contributed by atoms with E-state index in [9.17, 15) is 4.79 Å². The lowest BCUT2D eigenvalue weighted by atomic mass is 10.2. The Kier molecular flexibility index (Phi) is 5.32. The number of rotatable bonds is 4. The summed E-state index contributed by atoms with van der Waals surface area (Å²) in [6.07, 6.45) is -0.250. The van der Waals surface area contributed by atoms with Gasteiger partial charge in [-0.2, -0.15) is 0 Å². The van der Waals surface area contributed by atoms with Crippen LogP contribution >= 0.6 is 11.6 Å². The molecule has 0 bridgehead atoms. The molecule has 8 heteroatoms. The van der Waals surface area contributed by atoms with Crippen molar-refractivity contribution < 1.29 is 13.9 Å². The van der Waals surface area contributed by atoms with Crippen LogP contribution in [0, 0.1) is 0 Å². The Morgan fingerprint density at radius 2 is 1.92 bits per heavy atom. The number of aromatic nitrogens is 2. The van der Waals surface area contributed by atoms with Gasteiger partial charge in [-0.05, 0) is 31.2 Å². The number of amides is 1. The molecular weight excluding hydrogens is 332 g/mol. The number of nitrogens with zero attached hydrogens (tertiary/aromatic N) is 4. The van der Waals surface area contributed by atoms with Crippen LogP contribution in [0.2, 0.25) is 5.02 Å². The molecule has 1 aliphatic heterocycles. The Hall–Kier alpha value is -2.12. The van der Waals surface area contributed by atoms with E-state index in [-0.39, 0.29) is 6.09 Å². The molecule has 1 amide bonds. The second-order valence-corrected chi connectivity index (χ2v) is 5.91. The van der Waals surface area contributed by atoms with Crippen LogP contribution in [0.5, 0.6) is 0 Å². The third-order valence-electron chi connectivity index (χ3n) is 3.82. The Balaban J connectivity index is 1.54. The molecule has 0 spiro atoms. The summed E-state index contributed by atoms with van der Waals surface area (Å²) in [6.45, 7) is 5.54. The van der Waals surface area contributed by atoms with E-state index in [1.807, 2.05) is 19.1 Å². The molecule has 0 N–H and O–H groups in total. The van der Waals surface area contributed by atoms with E-state index < -0.39 is 0 Å². The smallest absolute Gasteiger partial charge is 0.409 e. The Labute approximate surface area is 145 Å². The van der Waals surface area contributed by atoms with Crippen LogP contribution in [0.3, 0.4) is 0 Å². The van der Waals surface area contributed by atoms with Gasteiger partial charge in [-0.3, -0.25) is 4.90 Å². The second-order valence-electron chi connectivity index (χ2n) is 5.47. The predicted octanol–water partition coefficient (Wildman–Crippen LogP) is 2.66. The molecule has 2 heterocycles. The van der Waals surface area contributed by atoms with Gasteiger partial charge in [0.15, 0.2) is 0 Å². The monoisotopic (exact) mass is 350 g/mol. The van der Waals surface area contributed by atoms with Gasteiger partial charge in [0, 0.05) is 36.8 Å². The number of benzene rings is 1. The first-order valence-corrected chi connectivity index (χ1v) is 8.26. The maximum atomic E-state index is 11.7. The van der Waals surface area contributed by atoms with Crippen LogP contribution in [-0.2, 0) is 11.3 Å². The van der Waals surface area contributed by atoms with Gasteiger partial charge in [-0.25, -0.2) is 4.79 Å². The van der Waals surface area contributed by atoms with Crippen molar-refractivity contribution in [2.24, 2.45) is 0 Å². The number of halogens is 1. The van der Waals surface area contributed by atoms with Gasteiger partial charge < -0.3 is 14.1 Å². The SMILES string of the molecule is CCOC(=O)N1CCN(Cc2nnc(-c3ccc(Cl)cc3)o2)CC1. The highest BCUT2D eigenvalue weighted by Gasteiger charge is 2.23. The molecule has 3 rings (SSSR count). The molecule has 0 atom stereocenters. The predicted molar refractivity (Wildman–Crippen MR) is 88.6 cm³/mol. The topological polar surface area (TPSA) is 71.7 Å². The molecule has 1 aliphatic rings. The zero-order valence-electron chi connectivity index (χ0n) is 13.4. The van der Waals surface area contributed by atoms with Gasteiger partial charge >= 0.3 is 6.09 Å². The van der Waals surface area contributed by atoms with E-state index in [0.29, 0.717) is 43.0 Å². The van der Waals surface area contributed by atoms with Gasteiger partial charge in [0.25, 0.3) is 0 Å². The van der Waals surface area contributed by atoms with E-state index in [4.69, 9.17) is 20.8 Å². The van der Waals surface area contributed by atoms with Crippen molar-refractivity contribution >= 4 is 17.7 Å². The summed E-state index contributed by atoms with van der Waals surface area (Å²) >= 11 is 5.88. The Morgan fingerprint density at radius 1 is 1.21 bits per heavy atom. The van der Waals surface area contributed by atoms with Gasteiger partial charge in [0.2, 0.25) is 11.8 Å². The fourth-order valence-corrected chi connectivity index (χ4v) is 2.65. The third-order valence-corrected chi connectivity index (χ3v) is 4.07. The summed E-state index contributed by atoms with van der Waals surface area (Å²) in [5, 5.41) is 8.84. The van der Waals surface area contributed by atoms with Crippen LogP contribution in [0.1, 0.15) is 12.8 Å². The first-order valence-electron chi connectivity index (χ1n) is 7.88. The highest BCUT2D eigenvalue weighted by atomic mass is 35.5. The summed E-state index contributed by atoms with van der Waals surface area (Å²) < 4.78 is 10.7. The summed E-state index contributed by atoms with van der Waals surface area (Å²) in [5.41, 5.74) is 0.838. The zero-order chi connectivity index (χ0) is 16.9. The first-order chi connectivity index (χ1) is 11.7. The third kappa shape index (κ3) is 4.04. The number of hydrogen-bond acceptors (Lipinski definition) is 6. The molecule has 2 aromatic rings. The minimum atomic E-state index is -0.250. The lowest BCUT2D eigenvalue weighted by Gasteiger charge is -2.33. The van der Waals surface area contributed by atoms with Crippen molar-refractivity contribution in [2.75, 3.05) is 32.8 Å². The van der Waals surface area contributed by atoms with Crippen molar-refractivity contribution in [2.45, 2.75) is 13.5 Å². The van der Waals surface area contributed by atoms with Crippen molar-refractivity contribution in [3.05, 3.63) is 35.2 Å². The van der Waals surface area contributed by atoms with Crippen molar-refractivity contribution in [3.63, 3.8) is 0 Å². The lowest BCUT2D eigenvalue weighted by Crippen LogP contribution is -2.48. The number of ether oxygens (including phenoxy) is 1. The highest BCUT2D eigenvalue weighted by molar-refractivity contribution is 6.30. The number of carbonyl (C=O) groups excluding carboxylic acids is 1. The van der Waals surface area contributed by atoms with Crippen molar-refractivity contribution in [3.8, 4) is 11.5 Å². The standard InChI is InChI=1S/C16H19ClN4O3/c1-2-23-16(22)21-9-7-20(8-10-21)11-14-18-19-15(24-14)12-3-5-13(17)6-4-12/h3-6H,2,7-11H2,1H3. The molecule has 1 aromatic carbocycles. The normalized spacial score (nSPS) is 15.5. The molecule has 7 nitrogen and oxygen atoms in total. The van der Waals surface area contributed by atoms with Gasteiger partial charge in [0.05, 0.1) is 13.2 Å². The molecule has 1 fully saturated rings. The number of hydrogen-bond donors (Lipinski definition) is 0. The maximum Gasteiger partial charge on any atom is 0.409 e. The average molecular weight is 351 g/mol. The molecule has 1 saturated heterocycles. The van der Waals surface area contributed by atoms with E-state index >= 15 is 0 Å². The van der Waals surface area contributed by atoms with E-state index in [1.165, 1.54) is 0 Å². The van der Waals surface area contributed by atoms with Crippen LogP contribution in [-0.4, -0.2) is 58.9 Å². The van der Waals surface area contributed by atoms with Crippen LogP contribution in [0.15, 0.2) is 28.7 Å². The van der Waals surface area contributed by atoms with Crippen molar-refractivity contribution in [1.29, 1.82) is 0 Å². The Bertz CT molecular complexity index is 681. The Morgan fingerprint density at radius 3 is 2.58 bits per heavy atom. The van der Waals surface area contributed by atoms with Crippen molar-refractivity contribution in [1.82, 2.24) is 20.0 Å². The fraction of sp³-hybridized carbons (Fsp3) is 0.438. The minimum Gasteiger partial charge on any atom is -0.450 e. The largest absolute Gasteiger partial charge is 0.450 e. The minimum absolute atomic E-state index is 0.250. The molecule has 0 unspecified atom stereocenters. The van der Waals surface area contributed by atoms with Crippen LogP contribution < -0.4 is 0 Å². The fourth-order valence-electron chi connectivity index (χ4n) is 2.52. The van der Waals surface area contributed by atoms with Gasteiger partial charge in [-0.15, -0.1) is 10.2 Å². The molecule has 24 heavy (non-hydrogen) atoms. The molecular formula is C16H19ClN4O3. The van der Waals surface area contributed by atoms with E-state index in [1.54, 1.807) is 17.0 Å². The molecule has 0 saturated carbocycles. The molecule has 1 aromatic heterocycles. The van der Waals surface area contributed by atoms with Crippen LogP contribution in [0.25, 0.3) is 11.5 Å². The molecule has 0 aliphatic carbocycles. The number of carbonyl (C=O) groups is 1. The zero-order valence-corrected chi connectivity index (χ0v) is 14.2. The second kappa shape index (κ2) is 7.63. The van der Waals surface area contributed by atoms with E-state index in [2.05, 4.69) is 15.1 Å². The molecule has 0 radical (unpaired) electrons. The summed E-state index contributed by atoms with van der Waals surface area (Å²) in [7, 11) is 0. The van der Waals surface area contributed by atoms with Gasteiger partial charge in [-0.1, -0.05) is 11.6 Å². The lowest BCUT2D eigenvalue weighted by molar-refractivity contribution is 0.0756. The molecule has 128 valence electrons. The summed E-state index contributed by atoms with van der Waals surface area (Å²) in [6, 6.07) is 7.26. The van der Waals surface area contributed by atoms with E-state index in [0.717, 1.165) is 18.7 Å². The summed E-state index contributed by atoms with van der Waals surface area (Å²) in [4.78, 5) is 15.6. The quantitative estimate of drug-likeness (QED) is 0.844. The van der Waals surface area contributed by atoms with Gasteiger partial charge in [0.1, 0.15) is 0 Å². The average Bonchev–Trinajstić information content (AvgIpc) is 3.05.